The van der Waals surface area contributed by atoms with E-state index in [2.05, 4.69) is 10.3 Å². The van der Waals surface area contributed by atoms with Gasteiger partial charge >= 0.3 is 5.97 Å². The van der Waals surface area contributed by atoms with Gasteiger partial charge in [0.05, 0.1) is 22.9 Å². The fourth-order valence-corrected chi connectivity index (χ4v) is 2.03. The summed E-state index contributed by atoms with van der Waals surface area (Å²) in [4.78, 5) is 15.1. The van der Waals surface area contributed by atoms with Crippen molar-refractivity contribution in [3.63, 3.8) is 0 Å². The van der Waals surface area contributed by atoms with Crippen LogP contribution in [0.4, 0.5) is 11.5 Å². The summed E-state index contributed by atoms with van der Waals surface area (Å²) in [6.07, 6.45) is 2.28. The Morgan fingerprint density at radius 2 is 2.44 bits per heavy atom. The number of ether oxygens (including phenoxy) is 1. The first-order chi connectivity index (χ1) is 8.44. The molecule has 0 aromatic carbocycles. The van der Waals surface area contributed by atoms with Crippen molar-refractivity contribution in [1.29, 1.82) is 0 Å². The fourth-order valence-electron chi connectivity index (χ4n) is 2.03. The van der Waals surface area contributed by atoms with Crippen LogP contribution in [0.1, 0.15) is 30.6 Å². The lowest BCUT2D eigenvalue weighted by molar-refractivity contribution is 0.0698. The van der Waals surface area contributed by atoms with Gasteiger partial charge in [0.25, 0.3) is 0 Å². The van der Waals surface area contributed by atoms with E-state index in [1.165, 1.54) is 12.3 Å². The number of nitrogens with one attached hydrogen (secondary N) is 1. The number of aromatic nitrogens is 1. The zero-order chi connectivity index (χ0) is 13.3. The van der Waals surface area contributed by atoms with Crippen LogP contribution in [0.3, 0.4) is 0 Å². The average Bonchev–Trinajstić information content (AvgIpc) is 2.62. The Morgan fingerprint density at radius 3 is 3.00 bits per heavy atom. The first kappa shape index (κ1) is 12.6. The highest BCUT2D eigenvalue weighted by Gasteiger charge is 2.37. The van der Waals surface area contributed by atoms with Crippen molar-refractivity contribution in [2.24, 2.45) is 0 Å². The van der Waals surface area contributed by atoms with Gasteiger partial charge in [-0.05, 0) is 26.3 Å². The molecule has 1 aliphatic heterocycles. The molecule has 4 N–H and O–H groups in total. The summed E-state index contributed by atoms with van der Waals surface area (Å²) in [7, 11) is 0. The second-order valence-electron chi connectivity index (χ2n) is 4.73. The largest absolute Gasteiger partial charge is 0.478 e. The van der Waals surface area contributed by atoms with Crippen molar-refractivity contribution in [2.75, 3.05) is 17.7 Å². The van der Waals surface area contributed by atoms with Crippen LogP contribution < -0.4 is 11.1 Å². The number of anilines is 2. The third-order valence-corrected chi connectivity index (χ3v) is 3.51. The summed E-state index contributed by atoms with van der Waals surface area (Å²) in [5.74, 6) is -0.659. The van der Waals surface area contributed by atoms with Crippen LogP contribution >= 0.6 is 0 Å². The molecule has 0 bridgehead atoms. The van der Waals surface area contributed by atoms with E-state index >= 15 is 0 Å². The zero-order valence-electron chi connectivity index (χ0n) is 10.4. The Kier molecular flexibility index (Phi) is 3.13. The lowest BCUT2D eigenvalue weighted by Gasteiger charge is -2.30. The topological polar surface area (TPSA) is 97.5 Å². The molecular weight excluding hydrogens is 234 g/mol. The Hall–Kier alpha value is -1.82. The summed E-state index contributed by atoms with van der Waals surface area (Å²) in [6.45, 7) is 4.65. The summed E-state index contributed by atoms with van der Waals surface area (Å²) in [5.41, 5.74) is 5.76. The summed E-state index contributed by atoms with van der Waals surface area (Å²) < 4.78 is 5.51. The lowest BCUT2D eigenvalue weighted by atomic mass is 9.94. The number of hydrogen-bond acceptors (Lipinski definition) is 5. The predicted octanol–water partition coefficient (Wildman–Crippen LogP) is 1.34. The minimum Gasteiger partial charge on any atom is -0.478 e. The summed E-state index contributed by atoms with van der Waals surface area (Å²) >= 11 is 0. The van der Waals surface area contributed by atoms with Gasteiger partial charge in [-0.15, -0.1) is 0 Å². The molecule has 98 valence electrons. The number of carbonyl (C=O) groups is 1. The molecule has 1 saturated heterocycles. The second-order valence-corrected chi connectivity index (χ2v) is 4.73. The maximum Gasteiger partial charge on any atom is 0.337 e. The molecule has 6 nitrogen and oxygen atoms in total. The molecule has 1 aromatic heterocycles. The lowest BCUT2D eigenvalue weighted by Crippen LogP contribution is -2.41. The molecular formula is C12H17N3O3. The quantitative estimate of drug-likeness (QED) is 0.750. The summed E-state index contributed by atoms with van der Waals surface area (Å²) in [6, 6.07) is 1.39. The van der Waals surface area contributed by atoms with Gasteiger partial charge in [0.2, 0.25) is 0 Å². The number of nitrogens with two attached hydrogens (primary N) is 1. The Balaban J connectivity index is 2.30. The number of aromatic carboxylic acids is 1. The van der Waals surface area contributed by atoms with Gasteiger partial charge in [-0.3, -0.25) is 0 Å². The molecule has 1 aromatic rings. The molecule has 6 heteroatoms. The number of carboxylic acids is 1. The van der Waals surface area contributed by atoms with Crippen LogP contribution in [0.2, 0.25) is 0 Å². The molecule has 1 aliphatic rings. The van der Waals surface area contributed by atoms with Crippen molar-refractivity contribution < 1.29 is 14.6 Å². The van der Waals surface area contributed by atoms with Crippen molar-refractivity contribution in [2.45, 2.75) is 31.9 Å². The number of nitrogen functional groups attached to an aromatic ring is 1. The molecule has 0 spiro atoms. The fraction of sp³-hybridized carbons (Fsp3) is 0.500. The van der Waals surface area contributed by atoms with Crippen LogP contribution in [0.25, 0.3) is 0 Å². The smallest absolute Gasteiger partial charge is 0.337 e. The second kappa shape index (κ2) is 4.45. The standard InChI is InChI=1S/C12H17N3O3/c1-7-12(2,4-6-18-7)15-10-9(13)8(11(16)17)3-5-14-10/h3,5,7H,4,6,13H2,1-2H3,(H,14,15)(H,16,17). The number of pyridine rings is 1. The van der Waals surface area contributed by atoms with E-state index in [1.807, 2.05) is 13.8 Å². The van der Waals surface area contributed by atoms with E-state index in [4.69, 9.17) is 15.6 Å². The van der Waals surface area contributed by atoms with Gasteiger partial charge in [-0.2, -0.15) is 0 Å². The molecule has 2 unspecified atom stereocenters. The molecule has 2 rings (SSSR count). The minimum atomic E-state index is -1.06. The van der Waals surface area contributed by atoms with E-state index in [0.29, 0.717) is 12.4 Å². The van der Waals surface area contributed by atoms with E-state index < -0.39 is 5.97 Å². The number of nitrogens with zero attached hydrogens (tertiary/aromatic N) is 1. The van der Waals surface area contributed by atoms with Gasteiger partial charge in [-0.25, -0.2) is 9.78 Å². The molecule has 2 heterocycles. The van der Waals surface area contributed by atoms with Gasteiger partial charge in [-0.1, -0.05) is 0 Å². The van der Waals surface area contributed by atoms with E-state index in [0.717, 1.165) is 6.42 Å². The molecule has 0 saturated carbocycles. The van der Waals surface area contributed by atoms with Crippen molar-refractivity contribution in [3.05, 3.63) is 17.8 Å². The average molecular weight is 251 g/mol. The van der Waals surface area contributed by atoms with Crippen molar-refractivity contribution in [1.82, 2.24) is 4.98 Å². The Morgan fingerprint density at radius 1 is 1.72 bits per heavy atom. The SMILES string of the molecule is CC1OCCC1(C)Nc1nccc(C(=O)O)c1N. The molecule has 0 radical (unpaired) electrons. The maximum atomic E-state index is 11.0. The van der Waals surface area contributed by atoms with E-state index in [9.17, 15) is 4.79 Å². The Labute approximate surface area is 105 Å². The highest BCUT2D eigenvalue weighted by molar-refractivity contribution is 5.96. The number of carboxylic acid groups (broad SMARTS) is 1. The van der Waals surface area contributed by atoms with Crippen LogP contribution in [0, 0.1) is 0 Å². The van der Waals surface area contributed by atoms with Crippen LogP contribution in [0.15, 0.2) is 12.3 Å². The van der Waals surface area contributed by atoms with Gasteiger partial charge < -0.3 is 20.9 Å². The third-order valence-electron chi connectivity index (χ3n) is 3.51. The highest BCUT2D eigenvalue weighted by Crippen LogP contribution is 2.31. The van der Waals surface area contributed by atoms with Crippen LogP contribution in [-0.4, -0.2) is 34.3 Å². The Bertz CT molecular complexity index is 478. The molecule has 1 fully saturated rings. The number of hydrogen-bond donors (Lipinski definition) is 3. The molecule has 18 heavy (non-hydrogen) atoms. The van der Waals surface area contributed by atoms with Gasteiger partial charge in [0.15, 0.2) is 5.82 Å². The van der Waals surface area contributed by atoms with Crippen LogP contribution in [0.5, 0.6) is 0 Å². The first-order valence-corrected chi connectivity index (χ1v) is 5.81. The van der Waals surface area contributed by atoms with Gasteiger partial charge in [0, 0.05) is 12.8 Å². The minimum absolute atomic E-state index is 0.0205. The monoisotopic (exact) mass is 251 g/mol. The maximum absolute atomic E-state index is 11.0. The van der Waals surface area contributed by atoms with Crippen molar-refractivity contribution in [3.8, 4) is 0 Å². The van der Waals surface area contributed by atoms with E-state index in [-0.39, 0.29) is 22.9 Å². The molecule has 0 aliphatic carbocycles. The number of rotatable bonds is 3. The molecule has 2 atom stereocenters. The van der Waals surface area contributed by atoms with Crippen LogP contribution in [-0.2, 0) is 4.74 Å². The van der Waals surface area contributed by atoms with E-state index in [1.54, 1.807) is 0 Å². The predicted molar refractivity (Wildman–Crippen MR) is 67.7 cm³/mol. The molecule has 0 amide bonds. The third kappa shape index (κ3) is 2.11. The summed E-state index contributed by atoms with van der Waals surface area (Å²) in [5, 5.41) is 12.2. The highest BCUT2D eigenvalue weighted by atomic mass is 16.5. The van der Waals surface area contributed by atoms with Crippen molar-refractivity contribution >= 4 is 17.5 Å². The van der Waals surface area contributed by atoms with Gasteiger partial charge in [0.1, 0.15) is 0 Å². The normalized spacial score (nSPS) is 27.1. The zero-order valence-corrected chi connectivity index (χ0v) is 10.4. The first-order valence-electron chi connectivity index (χ1n) is 5.81.